The van der Waals surface area contributed by atoms with E-state index in [1.54, 1.807) is 0 Å². The molecule has 2 rings (SSSR count). The third-order valence-corrected chi connectivity index (χ3v) is 6.03. The molecule has 2 N–H and O–H groups in total. The van der Waals surface area contributed by atoms with Crippen molar-refractivity contribution in [3.63, 3.8) is 0 Å². The Hall–Kier alpha value is -2.22. The van der Waals surface area contributed by atoms with Gasteiger partial charge in [-0.15, -0.1) is 0 Å². The number of carboxylic acid groups (broad SMARTS) is 1. The summed E-state index contributed by atoms with van der Waals surface area (Å²) >= 11 is 5.52. The van der Waals surface area contributed by atoms with E-state index in [1.807, 2.05) is 0 Å². The van der Waals surface area contributed by atoms with Crippen LogP contribution in [-0.4, -0.2) is 35.8 Å². The van der Waals surface area contributed by atoms with E-state index >= 15 is 0 Å². The summed E-state index contributed by atoms with van der Waals surface area (Å²) in [4.78, 5) is 23.2. The van der Waals surface area contributed by atoms with E-state index in [2.05, 4.69) is 37.2 Å². The lowest BCUT2D eigenvalue weighted by Crippen LogP contribution is -2.50. The van der Waals surface area contributed by atoms with Crippen LogP contribution in [0.15, 0.2) is 39.3 Å². The van der Waals surface area contributed by atoms with E-state index in [9.17, 15) is 44.7 Å². The number of hydrogen-bond acceptors (Lipinski definition) is 3. The van der Waals surface area contributed by atoms with Crippen molar-refractivity contribution in [2.24, 2.45) is 0 Å². The minimum atomic E-state index is -6.32. The first-order valence-electron chi connectivity index (χ1n) is 9.08. The number of carboxylic acids is 1. The standard InChI is InChI=1S/C20H13Br2F8NO3/c21-12-6-9(18(24,19(25,26)27)20(28,29)30)7-13(22)11(12)8-15(32)10-2-1-3-14(17(10)23)31-5-4-16(33)34/h1-3,6-7,31H,4-5,8H2,(H,33,34). The van der Waals surface area contributed by atoms with Gasteiger partial charge in [-0.1, -0.05) is 37.9 Å². The average molecular weight is 627 g/mol. The van der Waals surface area contributed by atoms with Crippen molar-refractivity contribution in [2.45, 2.75) is 30.9 Å². The average Bonchev–Trinajstić information content (AvgIpc) is 2.69. The topological polar surface area (TPSA) is 66.4 Å². The molecule has 0 spiro atoms. The zero-order valence-electron chi connectivity index (χ0n) is 16.6. The van der Waals surface area contributed by atoms with Crippen LogP contribution in [0.25, 0.3) is 0 Å². The molecule has 0 amide bonds. The van der Waals surface area contributed by atoms with Crippen LogP contribution >= 0.6 is 31.9 Å². The maximum Gasteiger partial charge on any atom is 0.435 e. The number of hydrogen-bond donors (Lipinski definition) is 2. The van der Waals surface area contributed by atoms with Gasteiger partial charge in [0.15, 0.2) is 11.6 Å². The molecule has 0 atom stereocenters. The Morgan fingerprint density at radius 3 is 1.94 bits per heavy atom. The number of carbonyl (C=O) groups is 2. The number of ketones is 1. The van der Waals surface area contributed by atoms with Gasteiger partial charge >= 0.3 is 24.0 Å². The van der Waals surface area contributed by atoms with E-state index in [0.717, 1.165) is 6.07 Å². The molecule has 0 radical (unpaired) electrons. The molecule has 0 aliphatic carbocycles. The van der Waals surface area contributed by atoms with Crippen molar-refractivity contribution >= 4 is 49.3 Å². The molecule has 0 aliphatic rings. The van der Waals surface area contributed by atoms with Crippen LogP contribution in [0.5, 0.6) is 0 Å². The molecule has 14 heteroatoms. The number of rotatable bonds is 8. The monoisotopic (exact) mass is 625 g/mol. The van der Waals surface area contributed by atoms with Gasteiger partial charge in [-0.25, -0.2) is 8.78 Å². The second-order valence-corrected chi connectivity index (χ2v) is 8.62. The second kappa shape index (κ2) is 10.2. The van der Waals surface area contributed by atoms with E-state index in [0.29, 0.717) is 0 Å². The predicted octanol–water partition coefficient (Wildman–Crippen LogP) is 6.95. The van der Waals surface area contributed by atoms with E-state index in [-0.39, 0.29) is 36.3 Å². The molecule has 186 valence electrons. The molecule has 0 fully saturated rings. The third kappa shape index (κ3) is 5.70. The maximum absolute atomic E-state index is 14.7. The van der Waals surface area contributed by atoms with Gasteiger partial charge in [0.2, 0.25) is 0 Å². The summed E-state index contributed by atoms with van der Waals surface area (Å²) in [5.41, 5.74) is -8.23. The molecule has 34 heavy (non-hydrogen) atoms. The van der Waals surface area contributed by atoms with Gasteiger partial charge in [-0.3, -0.25) is 9.59 Å². The van der Waals surface area contributed by atoms with Gasteiger partial charge in [0, 0.05) is 27.5 Å². The number of carbonyl (C=O) groups excluding carboxylic acids is 1. The van der Waals surface area contributed by atoms with E-state index in [4.69, 9.17) is 5.11 Å². The summed E-state index contributed by atoms with van der Waals surface area (Å²) in [7, 11) is 0. The van der Waals surface area contributed by atoms with Gasteiger partial charge in [0.05, 0.1) is 17.7 Å². The number of alkyl halides is 7. The Balaban J connectivity index is 2.39. The first-order valence-corrected chi connectivity index (χ1v) is 10.7. The minimum absolute atomic E-state index is 0.147. The van der Waals surface area contributed by atoms with Crippen LogP contribution in [0, 0.1) is 5.82 Å². The molecule has 2 aromatic carbocycles. The van der Waals surface area contributed by atoms with Crippen LogP contribution < -0.4 is 5.32 Å². The van der Waals surface area contributed by atoms with E-state index in [1.165, 1.54) is 12.1 Å². The first kappa shape index (κ1) is 28.0. The summed E-state index contributed by atoms with van der Waals surface area (Å²) in [6.45, 7) is -0.147. The van der Waals surface area contributed by atoms with Crippen molar-refractivity contribution in [3.05, 3.63) is 61.8 Å². The zero-order chi connectivity index (χ0) is 26.1. The van der Waals surface area contributed by atoms with Gasteiger partial charge in [0.25, 0.3) is 0 Å². The number of aliphatic carboxylic acids is 1. The zero-order valence-corrected chi connectivity index (χ0v) is 19.7. The molecule has 4 nitrogen and oxygen atoms in total. The molecule has 0 saturated heterocycles. The minimum Gasteiger partial charge on any atom is -0.481 e. The Labute approximate surface area is 203 Å². The highest BCUT2D eigenvalue weighted by molar-refractivity contribution is 9.11. The van der Waals surface area contributed by atoms with Crippen LogP contribution in [0.1, 0.15) is 27.9 Å². The highest BCUT2D eigenvalue weighted by Crippen LogP contribution is 2.54. The number of halogens is 10. The van der Waals surface area contributed by atoms with Gasteiger partial charge in [-0.2, -0.15) is 26.3 Å². The van der Waals surface area contributed by atoms with Gasteiger partial charge < -0.3 is 10.4 Å². The third-order valence-electron chi connectivity index (χ3n) is 4.61. The Morgan fingerprint density at radius 2 is 1.47 bits per heavy atom. The van der Waals surface area contributed by atoms with Crippen LogP contribution in [0.3, 0.4) is 0 Å². The normalized spacial score (nSPS) is 12.5. The number of anilines is 1. The second-order valence-electron chi connectivity index (χ2n) is 6.91. The Morgan fingerprint density at radius 1 is 0.941 bits per heavy atom. The number of nitrogens with one attached hydrogen (secondary N) is 1. The summed E-state index contributed by atoms with van der Waals surface area (Å²) in [5.74, 6) is -3.07. The van der Waals surface area contributed by atoms with Crippen LogP contribution in [0.2, 0.25) is 0 Å². The van der Waals surface area contributed by atoms with Crippen molar-refractivity contribution in [2.75, 3.05) is 11.9 Å². The highest BCUT2D eigenvalue weighted by atomic mass is 79.9. The molecule has 0 unspecified atom stereocenters. The molecule has 0 heterocycles. The van der Waals surface area contributed by atoms with Gasteiger partial charge in [0.1, 0.15) is 0 Å². The molecule has 0 saturated carbocycles. The predicted molar refractivity (Wildman–Crippen MR) is 112 cm³/mol. The van der Waals surface area contributed by atoms with Crippen LogP contribution in [0.4, 0.5) is 40.8 Å². The van der Waals surface area contributed by atoms with Crippen molar-refractivity contribution < 1.29 is 49.8 Å². The van der Waals surface area contributed by atoms with Crippen molar-refractivity contribution in [1.29, 1.82) is 0 Å². The fraction of sp³-hybridized carbons (Fsp3) is 0.300. The largest absolute Gasteiger partial charge is 0.481 e. The molecule has 2 aromatic rings. The number of Topliss-reactive ketones (excluding diaryl/α,β-unsaturated/α-hetero) is 1. The lowest BCUT2D eigenvalue weighted by atomic mass is 9.92. The van der Waals surface area contributed by atoms with Gasteiger partial charge in [-0.05, 0) is 29.8 Å². The highest BCUT2D eigenvalue weighted by Gasteiger charge is 2.73. The molecular weight excluding hydrogens is 614 g/mol. The summed E-state index contributed by atoms with van der Waals surface area (Å²) in [6, 6.07) is 4.14. The van der Waals surface area contributed by atoms with Crippen molar-refractivity contribution in [1.82, 2.24) is 0 Å². The first-order chi connectivity index (χ1) is 15.5. The Kier molecular flexibility index (Phi) is 8.39. The quantitative estimate of drug-likeness (QED) is 0.246. The smallest absolute Gasteiger partial charge is 0.435 e. The SMILES string of the molecule is O=C(O)CCNc1cccc(C(=O)Cc2c(Br)cc(C(F)(C(F)(F)F)C(F)(F)F)cc2Br)c1F. The summed E-state index contributed by atoms with van der Waals surface area (Å²) < 4.78 is 106. The lowest BCUT2D eigenvalue weighted by Gasteiger charge is -2.31. The number of benzene rings is 2. The molecular formula is C20H13Br2F8NO3. The summed E-state index contributed by atoms with van der Waals surface area (Å²) in [6.07, 6.45) is -13.7. The molecule has 0 aliphatic heterocycles. The molecule has 0 aromatic heterocycles. The van der Waals surface area contributed by atoms with Crippen LogP contribution in [-0.2, 0) is 16.9 Å². The van der Waals surface area contributed by atoms with E-state index < -0.39 is 62.1 Å². The lowest BCUT2D eigenvalue weighted by molar-refractivity contribution is -0.348. The van der Waals surface area contributed by atoms with Crippen molar-refractivity contribution in [3.8, 4) is 0 Å². The fourth-order valence-corrected chi connectivity index (χ4v) is 4.37. The molecule has 0 bridgehead atoms. The fourth-order valence-electron chi connectivity index (χ4n) is 2.90. The Bertz CT molecular complexity index is 1070. The summed E-state index contributed by atoms with van der Waals surface area (Å²) in [5, 5.41) is 11.1. The maximum atomic E-state index is 14.7.